The van der Waals surface area contributed by atoms with Gasteiger partial charge in [0.2, 0.25) is 0 Å². The van der Waals surface area contributed by atoms with Gasteiger partial charge in [-0.2, -0.15) is 0 Å². The molecule has 0 bridgehead atoms. The molecule has 0 aliphatic heterocycles. The van der Waals surface area contributed by atoms with Gasteiger partial charge >= 0.3 is 18.9 Å². The molecule has 2 aromatic rings. The third kappa shape index (κ3) is 11.8. The van der Waals surface area contributed by atoms with Crippen LogP contribution in [0, 0.1) is 13.8 Å². The molecule has 0 fully saturated rings. The van der Waals surface area contributed by atoms with Crippen molar-refractivity contribution in [1.29, 1.82) is 0 Å². The van der Waals surface area contributed by atoms with Crippen LogP contribution in [0.4, 0.5) is 0 Å². The average Bonchev–Trinajstić information content (AvgIpc) is 2.87. The molecule has 0 N–H and O–H groups in total. The summed E-state index contributed by atoms with van der Waals surface area (Å²) in [6.07, 6.45) is 9.76. The fourth-order valence-corrected chi connectivity index (χ4v) is 5.82. The van der Waals surface area contributed by atoms with Crippen molar-refractivity contribution in [3.05, 3.63) is 46.5 Å². The number of aryl methyl sites for hydroxylation is 2. The third-order valence-corrected chi connectivity index (χ3v) is 8.15. The standard InChI is InChI=1S/C34H53O4P.Li.H/c1-9-12-15-18-36-28-23-29(37-19-16-13-10-2)32(30(24-28)38-20-17-14-11-3)39-33(35)31-25(4)21-27(22-26(31)5)34(6,7)8;;/h21-24,39H,9-20H2,1-8H3;;. The molecular formula is C34H54LiO4P. The molecule has 1 unspecified atom stereocenters. The molecule has 220 valence electrons. The second kappa shape index (κ2) is 18.9. The van der Waals surface area contributed by atoms with E-state index in [1.54, 1.807) is 0 Å². The van der Waals surface area contributed by atoms with Crippen molar-refractivity contribution >= 4 is 38.3 Å². The predicted molar refractivity (Wildman–Crippen MR) is 176 cm³/mol. The van der Waals surface area contributed by atoms with Gasteiger partial charge in [0, 0.05) is 17.7 Å². The Bertz CT molecular complexity index is 989. The van der Waals surface area contributed by atoms with Gasteiger partial charge in [-0.3, -0.25) is 4.79 Å². The van der Waals surface area contributed by atoms with Crippen LogP contribution < -0.4 is 19.5 Å². The van der Waals surface area contributed by atoms with Gasteiger partial charge in [-0.15, -0.1) is 0 Å². The Morgan fingerprint density at radius 2 is 1.12 bits per heavy atom. The number of carbonyl (C=O) groups excluding carboxylic acids is 1. The van der Waals surface area contributed by atoms with Gasteiger partial charge in [0.05, 0.1) is 25.1 Å². The van der Waals surface area contributed by atoms with Crippen molar-refractivity contribution in [2.75, 3.05) is 19.8 Å². The number of unbranched alkanes of at least 4 members (excludes halogenated alkanes) is 6. The van der Waals surface area contributed by atoms with E-state index < -0.39 is 0 Å². The van der Waals surface area contributed by atoms with Crippen molar-refractivity contribution in [3.8, 4) is 17.2 Å². The van der Waals surface area contributed by atoms with E-state index in [4.69, 9.17) is 14.2 Å². The van der Waals surface area contributed by atoms with E-state index in [0.29, 0.717) is 19.8 Å². The Morgan fingerprint density at radius 3 is 1.52 bits per heavy atom. The Kier molecular flexibility index (Phi) is 17.2. The summed E-state index contributed by atoms with van der Waals surface area (Å²) >= 11 is 0. The van der Waals surface area contributed by atoms with Gasteiger partial charge in [-0.05, 0) is 63.8 Å². The molecule has 0 saturated carbocycles. The summed E-state index contributed by atoms with van der Waals surface area (Å²) in [5, 5.41) is 0.854. The fraction of sp³-hybridized carbons (Fsp3) is 0.618. The fourth-order valence-electron chi connectivity index (χ4n) is 4.54. The van der Waals surface area contributed by atoms with E-state index >= 15 is 0 Å². The molecule has 4 nitrogen and oxygen atoms in total. The molecule has 0 aromatic heterocycles. The van der Waals surface area contributed by atoms with Crippen LogP contribution in [-0.4, -0.2) is 44.2 Å². The van der Waals surface area contributed by atoms with E-state index in [0.717, 1.165) is 97.0 Å². The Labute approximate surface area is 258 Å². The molecule has 1 atom stereocenters. The molecule has 0 aliphatic carbocycles. The van der Waals surface area contributed by atoms with Crippen molar-refractivity contribution in [2.24, 2.45) is 0 Å². The van der Waals surface area contributed by atoms with Crippen LogP contribution in [-0.2, 0) is 5.41 Å². The van der Waals surface area contributed by atoms with Gasteiger partial charge in [0.25, 0.3) is 0 Å². The van der Waals surface area contributed by atoms with Gasteiger partial charge in [-0.25, -0.2) is 0 Å². The summed E-state index contributed by atoms with van der Waals surface area (Å²) in [4.78, 5) is 13.9. The second-order valence-corrected chi connectivity index (χ2v) is 12.9. The summed E-state index contributed by atoms with van der Waals surface area (Å²) in [6.45, 7) is 19.2. The van der Waals surface area contributed by atoms with Gasteiger partial charge < -0.3 is 14.2 Å². The van der Waals surface area contributed by atoms with Gasteiger partial charge in [0.15, 0.2) is 5.52 Å². The summed E-state index contributed by atoms with van der Waals surface area (Å²) in [7, 11) is -0.0918. The summed E-state index contributed by atoms with van der Waals surface area (Å²) in [5.41, 5.74) is 4.29. The average molecular weight is 565 g/mol. The van der Waals surface area contributed by atoms with E-state index in [2.05, 4.69) is 67.5 Å². The molecular weight excluding hydrogens is 510 g/mol. The molecule has 0 amide bonds. The van der Waals surface area contributed by atoms with Crippen LogP contribution >= 0.6 is 8.58 Å². The minimum atomic E-state index is -0.0918. The Morgan fingerprint density at radius 1 is 0.700 bits per heavy atom. The van der Waals surface area contributed by atoms with Crippen molar-refractivity contribution < 1.29 is 19.0 Å². The first-order valence-electron chi connectivity index (χ1n) is 15.1. The number of hydrogen-bond acceptors (Lipinski definition) is 4. The SMILES string of the molecule is CCCCCOc1cc(OCCCCC)c(PC(=O)c2c(C)cc(C(C)(C)C)cc2C)c(OCCCCC)c1.[LiH]. The number of hydrogen-bond donors (Lipinski definition) is 0. The number of rotatable bonds is 18. The molecule has 0 spiro atoms. The number of carbonyl (C=O) groups is 1. The first-order valence-corrected chi connectivity index (χ1v) is 16.1. The molecule has 0 saturated heterocycles. The quantitative estimate of drug-likeness (QED) is 0.103. The molecule has 2 rings (SSSR count). The van der Waals surface area contributed by atoms with Crippen LogP contribution in [0.3, 0.4) is 0 Å². The normalized spacial score (nSPS) is 11.5. The second-order valence-electron chi connectivity index (χ2n) is 11.7. The van der Waals surface area contributed by atoms with Crippen LogP contribution in [0.2, 0.25) is 0 Å². The molecule has 6 heteroatoms. The monoisotopic (exact) mass is 564 g/mol. The van der Waals surface area contributed by atoms with Gasteiger partial charge in [0.1, 0.15) is 17.2 Å². The summed E-state index contributed by atoms with van der Waals surface area (Å²) in [6, 6.07) is 8.27. The first kappa shape index (κ1) is 36.6. The molecule has 0 aliphatic rings. The molecule has 0 radical (unpaired) electrons. The molecule has 40 heavy (non-hydrogen) atoms. The topological polar surface area (TPSA) is 44.8 Å². The van der Waals surface area contributed by atoms with Crippen LogP contribution in [0.25, 0.3) is 0 Å². The summed E-state index contributed by atoms with van der Waals surface area (Å²) < 4.78 is 18.8. The Balaban J connectivity index is 0.00000800. The van der Waals surface area contributed by atoms with E-state index in [1.807, 2.05) is 12.1 Å². The zero-order valence-electron chi connectivity index (χ0n) is 25.9. The zero-order valence-corrected chi connectivity index (χ0v) is 26.9. The van der Waals surface area contributed by atoms with E-state index in [-0.39, 0.29) is 38.4 Å². The van der Waals surface area contributed by atoms with Crippen molar-refractivity contribution in [3.63, 3.8) is 0 Å². The van der Waals surface area contributed by atoms with Gasteiger partial charge in [-0.1, -0.05) is 92.2 Å². The van der Waals surface area contributed by atoms with Crippen LogP contribution in [0.5, 0.6) is 17.2 Å². The zero-order chi connectivity index (χ0) is 28.8. The Hall–Kier alpha value is -1.46. The summed E-state index contributed by atoms with van der Waals surface area (Å²) in [5.74, 6) is 2.20. The van der Waals surface area contributed by atoms with E-state index in [9.17, 15) is 4.79 Å². The maximum atomic E-state index is 13.9. The van der Waals surface area contributed by atoms with Crippen LogP contribution in [0.15, 0.2) is 24.3 Å². The first-order chi connectivity index (χ1) is 18.6. The molecule has 2 aromatic carbocycles. The molecule has 0 heterocycles. The minimum absolute atomic E-state index is 0. The van der Waals surface area contributed by atoms with Crippen molar-refractivity contribution in [1.82, 2.24) is 0 Å². The predicted octanol–water partition coefficient (Wildman–Crippen LogP) is 8.80. The number of ether oxygens (including phenoxy) is 3. The van der Waals surface area contributed by atoms with Crippen molar-refractivity contribution in [2.45, 2.75) is 119 Å². The maximum absolute atomic E-state index is 13.9. The third-order valence-electron chi connectivity index (χ3n) is 6.93. The number of benzene rings is 2. The van der Waals surface area contributed by atoms with E-state index in [1.165, 1.54) is 5.56 Å². The van der Waals surface area contributed by atoms with Crippen LogP contribution in [0.1, 0.15) is 126 Å².